The van der Waals surface area contributed by atoms with Gasteiger partial charge in [0.25, 0.3) is 0 Å². The van der Waals surface area contributed by atoms with Crippen LogP contribution in [-0.4, -0.2) is 30.1 Å². The molecule has 1 aliphatic rings. The molecule has 4 aromatic heterocycles. The fourth-order valence-electron chi connectivity index (χ4n) is 3.62. The smallest absolute Gasteiger partial charge is 0.230 e. The Morgan fingerprint density at radius 3 is 3.19 bits per heavy atom. The molecule has 138 valence electrons. The summed E-state index contributed by atoms with van der Waals surface area (Å²) >= 11 is 1.67. The SMILES string of the molecule is CC(C)Cn1nnc2c1CC(c1nc(-c3cnc4ccsc4c3)no1)CC2. The van der Waals surface area contributed by atoms with Crippen LogP contribution >= 0.6 is 11.3 Å². The van der Waals surface area contributed by atoms with Crippen LogP contribution in [0.3, 0.4) is 0 Å². The highest BCUT2D eigenvalue weighted by Gasteiger charge is 2.29. The third kappa shape index (κ3) is 3.03. The summed E-state index contributed by atoms with van der Waals surface area (Å²) in [6.07, 6.45) is 4.51. The molecule has 27 heavy (non-hydrogen) atoms. The number of thiophene rings is 1. The molecule has 1 unspecified atom stereocenters. The summed E-state index contributed by atoms with van der Waals surface area (Å²) in [5.74, 6) is 2.04. The predicted molar refractivity (Wildman–Crippen MR) is 103 cm³/mol. The summed E-state index contributed by atoms with van der Waals surface area (Å²) in [5, 5.41) is 14.9. The van der Waals surface area contributed by atoms with Gasteiger partial charge in [-0.15, -0.1) is 16.4 Å². The first-order valence-corrected chi connectivity index (χ1v) is 10.1. The van der Waals surface area contributed by atoms with Gasteiger partial charge in [-0.25, -0.2) is 4.68 Å². The van der Waals surface area contributed by atoms with E-state index in [9.17, 15) is 0 Å². The van der Waals surface area contributed by atoms with Crippen LogP contribution in [0.1, 0.15) is 43.5 Å². The van der Waals surface area contributed by atoms with E-state index in [1.54, 1.807) is 11.3 Å². The van der Waals surface area contributed by atoms with Crippen molar-refractivity contribution in [2.75, 3.05) is 0 Å². The van der Waals surface area contributed by atoms with Crippen LogP contribution in [0.25, 0.3) is 21.6 Å². The monoisotopic (exact) mass is 380 g/mol. The van der Waals surface area contributed by atoms with Crippen LogP contribution in [0.15, 0.2) is 28.2 Å². The number of aryl methyl sites for hydroxylation is 1. The maximum Gasteiger partial charge on any atom is 0.230 e. The minimum absolute atomic E-state index is 0.210. The van der Waals surface area contributed by atoms with Gasteiger partial charge in [-0.1, -0.05) is 24.2 Å². The largest absolute Gasteiger partial charge is 0.339 e. The minimum atomic E-state index is 0.210. The van der Waals surface area contributed by atoms with Crippen molar-refractivity contribution in [1.29, 1.82) is 0 Å². The lowest BCUT2D eigenvalue weighted by molar-refractivity contribution is 0.336. The predicted octanol–water partition coefficient (Wildman–Crippen LogP) is 3.87. The van der Waals surface area contributed by atoms with Crippen molar-refractivity contribution in [1.82, 2.24) is 30.1 Å². The highest BCUT2D eigenvalue weighted by atomic mass is 32.1. The zero-order chi connectivity index (χ0) is 18.4. The van der Waals surface area contributed by atoms with E-state index in [0.29, 0.717) is 17.6 Å². The Kier molecular flexibility index (Phi) is 4.00. The van der Waals surface area contributed by atoms with Crippen LogP contribution in [0, 0.1) is 5.92 Å². The van der Waals surface area contributed by atoms with E-state index < -0.39 is 0 Å². The first-order valence-electron chi connectivity index (χ1n) is 9.26. The fourth-order valence-corrected chi connectivity index (χ4v) is 4.40. The fraction of sp³-hybridized carbons (Fsp3) is 0.421. The number of hydrogen-bond donors (Lipinski definition) is 0. The maximum absolute atomic E-state index is 5.63. The number of fused-ring (bicyclic) bond motifs is 2. The van der Waals surface area contributed by atoms with Gasteiger partial charge in [0.15, 0.2) is 0 Å². The number of pyridine rings is 1. The highest BCUT2D eigenvalue weighted by Crippen LogP contribution is 2.32. The van der Waals surface area contributed by atoms with E-state index in [1.807, 2.05) is 22.3 Å². The second-order valence-electron chi connectivity index (χ2n) is 7.48. The Morgan fingerprint density at radius 2 is 2.30 bits per heavy atom. The van der Waals surface area contributed by atoms with E-state index in [4.69, 9.17) is 4.52 Å². The van der Waals surface area contributed by atoms with Gasteiger partial charge < -0.3 is 4.52 Å². The molecule has 1 atom stereocenters. The average Bonchev–Trinajstić information content (AvgIpc) is 3.40. The highest BCUT2D eigenvalue weighted by molar-refractivity contribution is 7.17. The van der Waals surface area contributed by atoms with E-state index in [1.165, 1.54) is 5.69 Å². The van der Waals surface area contributed by atoms with Gasteiger partial charge in [0.05, 0.1) is 21.6 Å². The summed E-state index contributed by atoms with van der Waals surface area (Å²) in [6, 6.07) is 4.08. The Labute approximate surface area is 160 Å². The molecule has 0 aromatic carbocycles. The maximum atomic E-state index is 5.63. The molecule has 0 amide bonds. The standard InChI is InChI=1S/C19H20N6OS/c1-11(2)10-25-16-7-12(3-4-14(16)22-24-25)19-21-18(23-26-19)13-8-17-15(20-9-13)5-6-27-17/h5-6,8-9,11-12H,3-4,7,10H2,1-2H3. The van der Waals surface area contributed by atoms with Gasteiger partial charge in [0.2, 0.25) is 11.7 Å². The molecule has 0 saturated heterocycles. The molecule has 4 aromatic rings. The lowest BCUT2D eigenvalue weighted by Gasteiger charge is -2.19. The van der Waals surface area contributed by atoms with Crippen molar-refractivity contribution >= 4 is 21.6 Å². The summed E-state index contributed by atoms with van der Waals surface area (Å²) in [7, 11) is 0. The summed E-state index contributed by atoms with van der Waals surface area (Å²) in [4.78, 5) is 9.15. The molecule has 1 aliphatic carbocycles. The van der Waals surface area contributed by atoms with E-state index in [-0.39, 0.29) is 5.92 Å². The number of hydrogen-bond acceptors (Lipinski definition) is 7. The number of nitrogens with zero attached hydrogens (tertiary/aromatic N) is 6. The van der Waals surface area contributed by atoms with Crippen LogP contribution in [0.4, 0.5) is 0 Å². The Bertz CT molecular complexity index is 1090. The number of rotatable bonds is 4. The molecular formula is C19H20N6OS. The molecular weight excluding hydrogens is 360 g/mol. The lowest BCUT2D eigenvalue weighted by Crippen LogP contribution is -2.18. The molecule has 8 heteroatoms. The molecule has 0 aliphatic heterocycles. The first kappa shape index (κ1) is 16.6. The van der Waals surface area contributed by atoms with Crippen molar-refractivity contribution < 1.29 is 4.52 Å². The van der Waals surface area contributed by atoms with Gasteiger partial charge in [0, 0.05) is 30.6 Å². The Hall–Kier alpha value is -2.61. The molecule has 0 saturated carbocycles. The topological polar surface area (TPSA) is 82.5 Å². The van der Waals surface area contributed by atoms with Crippen LogP contribution < -0.4 is 0 Å². The van der Waals surface area contributed by atoms with Crippen molar-refractivity contribution in [3.63, 3.8) is 0 Å². The normalized spacial score (nSPS) is 16.9. The average molecular weight is 380 g/mol. The molecule has 0 N–H and O–H groups in total. The summed E-state index contributed by atoms with van der Waals surface area (Å²) < 4.78 is 8.80. The second-order valence-corrected chi connectivity index (χ2v) is 8.43. The lowest BCUT2D eigenvalue weighted by atomic mass is 9.89. The van der Waals surface area contributed by atoms with Gasteiger partial charge in [-0.3, -0.25) is 4.98 Å². The minimum Gasteiger partial charge on any atom is -0.339 e. The van der Waals surface area contributed by atoms with Gasteiger partial charge in [-0.2, -0.15) is 4.98 Å². The third-order valence-electron chi connectivity index (χ3n) is 4.98. The molecule has 0 spiro atoms. The van der Waals surface area contributed by atoms with Gasteiger partial charge in [-0.05, 0) is 36.3 Å². The van der Waals surface area contributed by atoms with Gasteiger partial charge in [0.1, 0.15) is 0 Å². The van der Waals surface area contributed by atoms with E-state index in [0.717, 1.165) is 47.3 Å². The van der Waals surface area contributed by atoms with Crippen LogP contribution in [0.2, 0.25) is 0 Å². The van der Waals surface area contributed by atoms with E-state index in [2.05, 4.69) is 45.4 Å². The summed E-state index contributed by atoms with van der Waals surface area (Å²) in [6.45, 7) is 5.27. The van der Waals surface area contributed by atoms with Gasteiger partial charge >= 0.3 is 0 Å². The van der Waals surface area contributed by atoms with Crippen molar-refractivity contribution in [2.24, 2.45) is 5.92 Å². The zero-order valence-electron chi connectivity index (χ0n) is 15.3. The van der Waals surface area contributed by atoms with Crippen molar-refractivity contribution in [3.05, 3.63) is 41.0 Å². The molecule has 4 heterocycles. The van der Waals surface area contributed by atoms with Crippen LogP contribution in [0.5, 0.6) is 0 Å². The molecule has 0 fully saturated rings. The molecule has 7 nitrogen and oxygen atoms in total. The van der Waals surface area contributed by atoms with Crippen LogP contribution in [-0.2, 0) is 19.4 Å². The zero-order valence-corrected chi connectivity index (χ0v) is 16.1. The first-order chi connectivity index (χ1) is 13.2. The third-order valence-corrected chi connectivity index (χ3v) is 5.83. The quantitative estimate of drug-likeness (QED) is 0.534. The van der Waals surface area contributed by atoms with Crippen molar-refractivity contribution in [2.45, 2.75) is 45.6 Å². The van der Waals surface area contributed by atoms with E-state index >= 15 is 0 Å². The molecule has 0 bridgehead atoms. The summed E-state index contributed by atoms with van der Waals surface area (Å²) in [5.41, 5.74) is 4.21. The van der Waals surface area contributed by atoms with Crippen molar-refractivity contribution in [3.8, 4) is 11.4 Å². The molecule has 5 rings (SSSR count). The number of aromatic nitrogens is 6. The Balaban J connectivity index is 1.41. The second kappa shape index (κ2) is 6.53. The Morgan fingerprint density at radius 1 is 1.37 bits per heavy atom. The molecule has 0 radical (unpaired) electrons.